The van der Waals surface area contributed by atoms with E-state index >= 15 is 0 Å². The smallest absolute Gasteiger partial charge is 0.0297 e. The molecular formula is C18H29N. The van der Waals surface area contributed by atoms with Crippen LogP contribution in [0.5, 0.6) is 0 Å². The van der Waals surface area contributed by atoms with Gasteiger partial charge in [0.2, 0.25) is 0 Å². The zero-order chi connectivity index (χ0) is 13.8. The molecule has 1 unspecified atom stereocenters. The fourth-order valence-electron chi connectivity index (χ4n) is 3.48. The average molecular weight is 259 g/mol. The maximum absolute atomic E-state index is 3.83. The van der Waals surface area contributed by atoms with Crippen LogP contribution in [0.2, 0.25) is 0 Å². The van der Waals surface area contributed by atoms with Gasteiger partial charge in [-0.25, -0.2) is 0 Å². The molecule has 1 fully saturated rings. The van der Waals surface area contributed by atoms with Gasteiger partial charge in [-0.3, -0.25) is 0 Å². The van der Waals surface area contributed by atoms with Crippen LogP contribution in [0.15, 0.2) is 18.2 Å². The lowest BCUT2D eigenvalue weighted by Gasteiger charge is -2.31. The van der Waals surface area contributed by atoms with Crippen molar-refractivity contribution in [3.8, 4) is 0 Å². The average Bonchev–Trinajstić information content (AvgIpc) is 2.42. The van der Waals surface area contributed by atoms with Gasteiger partial charge in [0.15, 0.2) is 0 Å². The van der Waals surface area contributed by atoms with Crippen LogP contribution in [-0.2, 0) is 0 Å². The second kappa shape index (κ2) is 6.56. The van der Waals surface area contributed by atoms with E-state index in [9.17, 15) is 0 Å². The van der Waals surface area contributed by atoms with Crippen LogP contribution in [-0.4, -0.2) is 6.04 Å². The van der Waals surface area contributed by atoms with Crippen molar-refractivity contribution in [1.29, 1.82) is 0 Å². The number of aryl methyl sites for hydroxylation is 2. The lowest BCUT2D eigenvalue weighted by atomic mass is 9.84. The zero-order valence-corrected chi connectivity index (χ0v) is 13.0. The normalized spacial score (nSPS) is 20.2. The number of hydrogen-bond donors (Lipinski definition) is 1. The molecule has 0 aliphatic heterocycles. The van der Waals surface area contributed by atoms with Gasteiger partial charge in [-0.2, -0.15) is 0 Å². The highest BCUT2D eigenvalue weighted by Crippen LogP contribution is 2.28. The molecule has 2 atom stereocenters. The Labute approximate surface area is 118 Å². The molecule has 0 saturated heterocycles. The highest BCUT2D eigenvalue weighted by molar-refractivity contribution is 5.32. The molecule has 1 aliphatic carbocycles. The minimum atomic E-state index is 0.455. The molecular weight excluding hydrogens is 230 g/mol. The van der Waals surface area contributed by atoms with Crippen molar-refractivity contribution in [2.75, 3.05) is 0 Å². The summed E-state index contributed by atoms with van der Waals surface area (Å²) in [4.78, 5) is 0. The first-order chi connectivity index (χ1) is 9.08. The monoisotopic (exact) mass is 259 g/mol. The predicted octanol–water partition coefficient (Wildman–Crippen LogP) is 4.92. The van der Waals surface area contributed by atoms with Gasteiger partial charge < -0.3 is 5.32 Å². The third-order valence-corrected chi connectivity index (χ3v) is 4.77. The van der Waals surface area contributed by atoms with E-state index in [2.05, 4.69) is 51.2 Å². The Morgan fingerprint density at radius 1 is 1.05 bits per heavy atom. The van der Waals surface area contributed by atoms with Crippen molar-refractivity contribution in [3.05, 3.63) is 34.9 Å². The molecule has 0 radical (unpaired) electrons. The number of hydrogen-bond acceptors (Lipinski definition) is 1. The molecule has 0 heterocycles. The fourth-order valence-corrected chi connectivity index (χ4v) is 3.48. The quantitative estimate of drug-likeness (QED) is 0.809. The van der Waals surface area contributed by atoms with E-state index in [1.54, 1.807) is 0 Å². The highest BCUT2D eigenvalue weighted by atomic mass is 14.9. The van der Waals surface area contributed by atoms with Gasteiger partial charge in [0, 0.05) is 12.1 Å². The topological polar surface area (TPSA) is 12.0 Å². The van der Waals surface area contributed by atoms with Crippen LogP contribution in [0, 0.1) is 19.8 Å². The molecule has 1 aromatic carbocycles. The van der Waals surface area contributed by atoms with Gasteiger partial charge in [-0.1, -0.05) is 43.0 Å². The Hall–Kier alpha value is -0.820. The van der Waals surface area contributed by atoms with Crippen molar-refractivity contribution in [1.82, 2.24) is 5.32 Å². The molecule has 1 aromatic rings. The highest BCUT2D eigenvalue weighted by Gasteiger charge is 2.21. The van der Waals surface area contributed by atoms with Gasteiger partial charge in [0.25, 0.3) is 0 Å². The van der Waals surface area contributed by atoms with Gasteiger partial charge in [0.1, 0.15) is 0 Å². The van der Waals surface area contributed by atoms with Crippen molar-refractivity contribution < 1.29 is 0 Å². The van der Waals surface area contributed by atoms with E-state index in [1.165, 1.54) is 48.8 Å². The maximum atomic E-state index is 3.83. The third-order valence-electron chi connectivity index (χ3n) is 4.77. The van der Waals surface area contributed by atoms with Crippen LogP contribution >= 0.6 is 0 Å². The third kappa shape index (κ3) is 3.82. The molecule has 0 spiro atoms. The summed E-state index contributed by atoms with van der Waals surface area (Å²) in [5, 5.41) is 3.83. The van der Waals surface area contributed by atoms with Crippen LogP contribution in [0.4, 0.5) is 0 Å². The molecule has 1 aliphatic rings. The van der Waals surface area contributed by atoms with Crippen molar-refractivity contribution in [3.63, 3.8) is 0 Å². The molecule has 1 N–H and O–H groups in total. The Bertz CT molecular complexity index is 404. The molecule has 0 bridgehead atoms. The largest absolute Gasteiger partial charge is 0.307 e. The summed E-state index contributed by atoms with van der Waals surface area (Å²) < 4.78 is 0. The maximum Gasteiger partial charge on any atom is 0.0297 e. The van der Waals surface area contributed by atoms with E-state index in [-0.39, 0.29) is 0 Å². The molecule has 0 amide bonds. The first kappa shape index (κ1) is 14.6. The summed E-state index contributed by atoms with van der Waals surface area (Å²) in [7, 11) is 0. The minimum absolute atomic E-state index is 0.455. The van der Waals surface area contributed by atoms with E-state index in [1.807, 2.05) is 0 Å². The Kier molecular flexibility index (Phi) is 5.04. The SMILES string of the molecule is Cc1ccc(C)c(C(C)N[C@H](C)C2CCCCC2)c1. The number of nitrogens with one attached hydrogen (secondary N) is 1. The number of benzene rings is 1. The summed E-state index contributed by atoms with van der Waals surface area (Å²) in [5.74, 6) is 0.876. The molecule has 106 valence electrons. The molecule has 1 saturated carbocycles. The van der Waals surface area contributed by atoms with E-state index in [0.717, 1.165) is 5.92 Å². The van der Waals surface area contributed by atoms with Crippen LogP contribution < -0.4 is 5.32 Å². The molecule has 1 nitrogen and oxygen atoms in total. The fraction of sp³-hybridized carbons (Fsp3) is 0.667. The summed E-state index contributed by atoms with van der Waals surface area (Å²) in [5.41, 5.74) is 4.23. The van der Waals surface area contributed by atoms with Crippen molar-refractivity contribution in [2.24, 2.45) is 5.92 Å². The Morgan fingerprint density at radius 3 is 2.42 bits per heavy atom. The van der Waals surface area contributed by atoms with Gasteiger partial charge in [0.05, 0.1) is 0 Å². The molecule has 2 rings (SSSR count). The lowest BCUT2D eigenvalue weighted by Crippen LogP contribution is -2.36. The molecule has 19 heavy (non-hydrogen) atoms. The van der Waals surface area contributed by atoms with Crippen LogP contribution in [0.3, 0.4) is 0 Å². The lowest BCUT2D eigenvalue weighted by molar-refractivity contribution is 0.268. The first-order valence-corrected chi connectivity index (χ1v) is 7.91. The predicted molar refractivity (Wildman–Crippen MR) is 83.5 cm³/mol. The van der Waals surface area contributed by atoms with E-state index < -0.39 is 0 Å². The minimum Gasteiger partial charge on any atom is -0.307 e. The summed E-state index contributed by atoms with van der Waals surface area (Å²) in [6, 6.07) is 7.87. The summed E-state index contributed by atoms with van der Waals surface area (Å²) in [6.45, 7) is 9.08. The summed E-state index contributed by atoms with van der Waals surface area (Å²) >= 11 is 0. The Morgan fingerprint density at radius 2 is 1.74 bits per heavy atom. The number of rotatable bonds is 4. The van der Waals surface area contributed by atoms with Gasteiger partial charge >= 0.3 is 0 Å². The second-order valence-corrected chi connectivity index (χ2v) is 6.44. The standard InChI is InChI=1S/C18H29N/c1-13-10-11-14(2)18(12-13)16(4)19-15(3)17-8-6-5-7-9-17/h10-12,15-17,19H,5-9H2,1-4H3/t15-,16?/m1/s1. The first-order valence-electron chi connectivity index (χ1n) is 7.91. The van der Waals surface area contributed by atoms with Crippen LogP contribution in [0.1, 0.15) is 68.7 Å². The van der Waals surface area contributed by atoms with Crippen molar-refractivity contribution in [2.45, 2.75) is 71.9 Å². The van der Waals surface area contributed by atoms with E-state index in [4.69, 9.17) is 0 Å². The zero-order valence-electron chi connectivity index (χ0n) is 13.0. The Balaban J connectivity index is 1.99. The molecule has 0 aromatic heterocycles. The van der Waals surface area contributed by atoms with Gasteiger partial charge in [-0.15, -0.1) is 0 Å². The van der Waals surface area contributed by atoms with Gasteiger partial charge in [-0.05, 0) is 57.6 Å². The molecule has 1 heteroatoms. The summed E-state index contributed by atoms with van der Waals surface area (Å²) in [6.07, 6.45) is 7.11. The van der Waals surface area contributed by atoms with Crippen molar-refractivity contribution >= 4 is 0 Å². The second-order valence-electron chi connectivity index (χ2n) is 6.44. The van der Waals surface area contributed by atoms with E-state index in [0.29, 0.717) is 12.1 Å². The van der Waals surface area contributed by atoms with Crippen LogP contribution in [0.25, 0.3) is 0 Å².